The van der Waals surface area contributed by atoms with E-state index in [9.17, 15) is 0 Å². The Morgan fingerprint density at radius 2 is 2.53 bits per heavy atom. The largest absolute Gasteiger partial charge is 0.394 e. The van der Waals surface area contributed by atoms with Crippen molar-refractivity contribution in [2.75, 3.05) is 38.3 Å². The Morgan fingerprint density at radius 3 is 3.29 bits per heavy atom. The molecule has 0 saturated carbocycles. The third kappa shape index (κ3) is 2.94. The van der Waals surface area contributed by atoms with Crippen LogP contribution in [0.5, 0.6) is 0 Å². The minimum atomic E-state index is -0.104. The highest BCUT2D eigenvalue weighted by Crippen LogP contribution is 2.19. The lowest BCUT2D eigenvalue weighted by atomic mass is 10.2. The molecule has 2 heterocycles. The molecule has 1 atom stereocenters. The van der Waals surface area contributed by atoms with E-state index in [0.29, 0.717) is 13.2 Å². The van der Waals surface area contributed by atoms with Crippen molar-refractivity contribution >= 4 is 5.82 Å². The molecule has 17 heavy (non-hydrogen) atoms. The molecular weight excluding hydrogens is 218 g/mol. The highest BCUT2D eigenvalue weighted by Gasteiger charge is 2.22. The summed E-state index contributed by atoms with van der Waals surface area (Å²) < 4.78 is 5.44. The summed E-state index contributed by atoms with van der Waals surface area (Å²) in [5.41, 5.74) is 1.17. The molecule has 0 aromatic carbocycles. The molecular formula is C12H19N3O2. The normalized spacial score (nSPS) is 20.6. The molecule has 0 bridgehead atoms. The van der Waals surface area contributed by atoms with Crippen LogP contribution in [-0.2, 0) is 11.3 Å². The lowest BCUT2D eigenvalue weighted by Crippen LogP contribution is -2.44. The van der Waals surface area contributed by atoms with Gasteiger partial charge in [0.2, 0.25) is 0 Å². The van der Waals surface area contributed by atoms with E-state index in [2.05, 4.69) is 21.3 Å². The first kappa shape index (κ1) is 12.3. The number of rotatable bonds is 4. The van der Waals surface area contributed by atoms with Gasteiger partial charge in [0.15, 0.2) is 0 Å². The number of aliphatic hydroxyl groups is 1. The van der Waals surface area contributed by atoms with E-state index >= 15 is 0 Å². The topological polar surface area (TPSA) is 57.6 Å². The molecule has 1 aromatic rings. The Hall–Kier alpha value is -1.17. The van der Waals surface area contributed by atoms with Gasteiger partial charge in [-0.3, -0.25) is 0 Å². The van der Waals surface area contributed by atoms with Gasteiger partial charge in [-0.05, 0) is 13.1 Å². The van der Waals surface area contributed by atoms with Crippen molar-refractivity contribution in [2.24, 2.45) is 0 Å². The average molecular weight is 237 g/mol. The third-order valence-electron chi connectivity index (χ3n) is 2.88. The molecule has 1 fully saturated rings. The van der Waals surface area contributed by atoms with Gasteiger partial charge in [0.1, 0.15) is 5.82 Å². The van der Waals surface area contributed by atoms with Crippen LogP contribution in [0.2, 0.25) is 0 Å². The minimum absolute atomic E-state index is 0.0602. The molecule has 5 heteroatoms. The van der Waals surface area contributed by atoms with Crippen LogP contribution >= 0.6 is 0 Å². The molecule has 5 nitrogen and oxygen atoms in total. The molecule has 1 saturated heterocycles. The maximum atomic E-state index is 9.14. The lowest BCUT2D eigenvalue weighted by molar-refractivity contribution is 0.00331. The Bertz CT molecular complexity index is 359. The van der Waals surface area contributed by atoms with E-state index in [4.69, 9.17) is 9.84 Å². The number of aromatic nitrogens is 1. The van der Waals surface area contributed by atoms with Crippen molar-refractivity contribution < 1.29 is 9.84 Å². The van der Waals surface area contributed by atoms with Crippen molar-refractivity contribution in [1.82, 2.24) is 10.3 Å². The number of nitrogens with one attached hydrogen (secondary N) is 1. The standard InChI is InChI=1S/C12H19N3O2/c1-13-7-10-3-2-4-14-12(10)15-5-6-17-11(8-15)9-16/h2-4,11,13,16H,5-9H2,1H3. The van der Waals surface area contributed by atoms with Crippen LogP contribution in [-0.4, -0.2) is 49.5 Å². The van der Waals surface area contributed by atoms with E-state index < -0.39 is 0 Å². The van der Waals surface area contributed by atoms with Crippen LogP contribution in [0.1, 0.15) is 5.56 Å². The molecule has 2 N–H and O–H groups in total. The molecule has 1 aliphatic rings. The van der Waals surface area contributed by atoms with Gasteiger partial charge in [-0.2, -0.15) is 0 Å². The molecule has 1 unspecified atom stereocenters. The Balaban J connectivity index is 2.15. The van der Waals surface area contributed by atoms with Crippen LogP contribution in [0.4, 0.5) is 5.82 Å². The van der Waals surface area contributed by atoms with Crippen molar-refractivity contribution in [2.45, 2.75) is 12.6 Å². The van der Waals surface area contributed by atoms with E-state index in [1.807, 2.05) is 13.1 Å². The summed E-state index contributed by atoms with van der Waals surface area (Å²) in [6.07, 6.45) is 1.70. The summed E-state index contributed by atoms with van der Waals surface area (Å²) in [6.45, 7) is 3.02. The number of ether oxygens (including phenoxy) is 1. The first-order chi connectivity index (χ1) is 8.35. The van der Waals surface area contributed by atoms with Gasteiger partial charge in [0, 0.05) is 31.4 Å². The van der Waals surface area contributed by atoms with Gasteiger partial charge in [-0.25, -0.2) is 4.98 Å². The summed E-state index contributed by atoms with van der Waals surface area (Å²) in [5, 5.41) is 12.3. The van der Waals surface area contributed by atoms with Crippen molar-refractivity contribution in [1.29, 1.82) is 0 Å². The number of pyridine rings is 1. The van der Waals surface area contributed by atoms with Gasteiger partial charge >= 0.3 is 0 Å². The number of hydrogen-bond donors (Lipinski definition) is 2. The van der Waals surface area contributed by atoms with Gasteiger partial charge in [-0.15, -0.1) is 0 Å². The smallest absolute Gasteiger partial charge is 0.133 e. The zero-order valence-corrected chi connectivity index (χ0v) is 10.1. The second-order valence-electron chi connectivity index (χ2n) is 4.14. The first-order valence-electron chi connectivity index (χ1n) is 5.91. The summed E-state index contributed by atoms with van der Waals surface area (Å²) in [7, 11) is 1.92. The molecule has 2 rings (SSSR count). The Morgan fingerprint density at radius 1 is 1.65 bits per heavy atom. The van der Waals surface area contributed by atoms with E-state index in [0.717, 1.165) is 18.9 Å². The predicted octanol–water partition coefficient (Wildman–Crippen LogP) is -0.00150. The second-order valence-corrected chi connectivity index (χ2v) is 4.14. The highest BCUT2D eigenvalue weighted by atomic mass is 16.5. The van der Waals surface area contributed by atoms with E-state index in [1.165, 1.54) is 5.56 Å². The Labute approximate surface area is 101 Å². The SMILES string of the molecule is CNCc1cccnc1N1CCOC(CO)C1. The van der Waals surface area contributed by atoms with E-state index in [-0.39, 0.29) is 12.7 Å². The maximum Gasteiger partial charge on any atom is 0.133 e. The van der Waals surface area contributed by atoms with Crippen LogP contribution in [0.3, 0.4) is 0 Å². The molecule has 1 aromatic heterocycles. The molecule has 94 valence electrons. The minimum Gasteiger partial charge on any atom is -0.394 e. The third-order valence-corrected chi connectivity index (χ3v) is 2.88. The highest BCUT2D eigenvalue weighted by molar-refractivity contribution is 5.47. The second kappa shape index (κ2) is 5.95. The van der Waals surface area contributed by atoms with Gasteiger partial charge in [0.25, 0.3) is 0 Å². The number of nitrogens with zero attached hydrogens (tertiary/aromatic N) is 2. The van der Waals surface area contributed by atoms with Gasteiger partial charge in [-0.1, -0.05) is 6.07 Å². The van der Waals surface area contributed by atoms with Gasteiger partial charge < -0.3 is 20.1 Å². The first-order valence-corrected chi connectivity index (χ1v) is 5.91. The summed E-state index contributed by atoms with van der Waals surface area (Å²) in [6, 6.07) is 4.02. The average Bonchev–Trinajstić information content (AvgIpc) is 2.40. The monoisotopic (exact) mass is 237 g/mol. The molecule has 0 radical (unpaired) electrons. The fourth-order valence-electron chi connectivity index (χ4n) is 2.07. The van der Waals surface area contributed by atoms with Crippen LogP contribution in [0.15, 0.2) is 18.3 Å². The number of anilines is 1. The quantitative estimate of drug-likeness (QED) is 0.772. The molecule has 0 spiro atoms. The molecule has 0 aliphatic carbocycles. The van der Waals surface area contributed by atoms with Crippen molar-refractivity contribution in [3.05, 3.63) is 23.9 Å². The van der Waals surface area contributed by atoms with Crippen LogP contribution in [0.25, 0.3) is 0 Å². The lowest BCUT2D eigenvalue weighted by Gasteiger charge is -2.33. The zero-order valence-electron chi connectivity index (χ0n) is 10.1. The maximum absolute atomic E-state index is 9.14. The summed E-state index contributed by atoms with van der Waals surface area (Å²) >= 11 is 0. The van der Waals surface area contributed by atoms with Crippen LogP contribution in [0, 0.1) is 0 Å². The predicted molar refractivity (Wildman–Crippen MR) is 66.0 cm³/mol. The molecule has 0 amide bonds. The van der Waals surface area contributed by atoms with Crippen LogP contribution < -0.4 is 10.2 Å². The fourth-order valence-corrected chi connectivity index (χ4v) is 2.07. The van der Waals surface area contributed by atoms with Crippen molar-refractivity contribution in [3.63, 3.8) is 0 Å². The molecule has 1 aliphatic heterocycles. The van der Waals surface area contributed by atoms with E-state index in [1.54, 1.807) is 6.20 Å². The summed E-state index contributed by atoms with van der Waals surface area (Å²) in [4.78, 5) is 6.62. The number of aliphatic hydroxyl groups excluding tert-OH is 1. The summed E-state index contributed by atoms with van der Waals surface area (Å²) in [5.74, 6) is 0.989. The number of morpholine rings is 1. The zero-order chi connectivity index (χ0) is 12.1. The Kier molecular flexibility index (Phi) is 4.30. The van der Waals surface area contributed by atoms with Gasteiger partial charge in [0.05, 0.1) is 19.3 Å². The fraction of sp³-hybridized carbons (Fsp3) is 0.583. The number of hydrogen-bond acceptors (Lipinski definition) is 5. The van der Waals surface area contributed by atoms with Crippen molar-refractivity contribution in [3.8, 4) is 0 Å².